The highest BCUT2D eigenvalue weighted by atomic mass is 32.2. The van der Waals surface area contributed by atoms with Crippen LogP contribution >= 0.6 is 11.8 Å². The van der Waals surface area contributed by atoms with E-state index in [9.17, 15) is 9.59 Å². The molecule has 28 heavy (non-hydrogen) atoms. The highest BCUT2D eigenvalue weighted by Crippen LogP contribution is 2.18. The lowest BCUT2D eigenvalue weighted by atomic mass is 10.1. The number of nitrogens with one attached hydrogen (secondary N) is 1. The van der Waals surface area contributed by atoms with Gasteiger partial charge >= 0.3 is 0 Å². The van der Waals surface area contributed by atoms with E-state index in [1.54, 1.807) is 47.4 Å². The largest absolute Gasteiger partial charge is 0.344 e. The first-order chi connectivity index (χ1) is 13.6. The highest BCUT2D eigenvalue weighted by molar-refractivity contribution is 7.99. The Labute approximate surface area is 166 Å². The minimum Gasteiger partial charge on any atom is -0.344 e. The molecular formula is C20H19N5O2S. The maximum absolute atomic E-state index is 12.5. The molecule has 4 rings (SSSR count). The molecule has 0 aromatic carbocycles. The number of hydrogen-bond acceptors (Lipinski definition) is 6. The highest BCUT2D eigenvalue weighted by Gasteiger charge is 2.32. The lowest BCUT2D eigenvalue weighted by Gasteiger charge is -2.39. The summed E-state index contributed by atoms with van der Waals surface area (Å²) in [7, 11) is 0. The number of likely N-dealkylation sites (tertiary alicyclic amines) is 1. The number of rotatable bonds is 5. The molecule has 0 bridgehead atoms. The van der Waals surface area contributed by atoms with E-state index in [2.05, 4.69) is 27.2 Å². The Kier molecular flexibility index (Phi) is 5.21. The van der Waals surface area contributed by atoms with Crippen molar-refractivity contribution in [1.82, 2.24) is 25.2 Å². The first-order valence-electron chi connectivity index (χ1n) is 9.04. The Bertz CT molecular complexity index is 1020. The number of thioether (sulfide) groups is 1. The monoisotopic (exact) mass is 393 g/mol. The second-order valence-corrected chi connectivity index (χ2v) is 7.75. The van der Waals surface area contributed by atoms with E-state index in [-0.39, 0.29) is 17.9 Å². The standard InChI is InChI=1S/C20H19N5O2S/c1-2-28-18-6-4-14(9-22-18)20(27)25-11-15(12-25)23-19(26)16-5-3-13-7-8-21-10-17(13)24-16/h3-10,15H,2,11-12H2,1H3,(H,23,26). The molecule has 0 spiro atoms. The Morgan fingerprint density at radius 2 is 2.04 bits per heavy atom. The van der Waals surface area contributed by atoms with E-state index in [1.807, 2.05) is 18.2 Å². The molecule has 3 aromatic rings. The second-order valence-electron chi connectivity index (χ2n) is 6.46. The van der Waals surface area contributed by atoms with Gasteiger partial charge in [0, 0.05) is 30.9 Å². The van der Waals surface area contributed by atoms with Crippen molar-refractivity contribution in [3.05, 3.63) is 60.2 Å². The van der Waals surface area contributed by atoms with E-state index >= 15 is 0 Å². The lowest BCUT2D eigenvalue weighted by Crippen LogP contribution is -2.61. The van der Waals surface area contributed by atoms with Gasteiger partial charge < -0.3 is 10.2 Å². The molecule has 2 amide bonds. The number of pyridine rings is 3. The van der Waals surface area contributed by atoms with E-state index < -0.39 is 0 Å². The fourth-order valence-corrected chi connectivity index (χ4v) is 3.60. The summed E-state index contributed by atoms with van der Waals surface area (Å²) < 4.78 is 0. The number of fused-ring (bicyclic) bond motifs is 1. The van der Waals surface area contributed by atoms with Gasteiger partial charge in [0.2, 0.25) is 0 Å². The maximum atomic E-state index is 12.5. The molecular weight excluding hydrogens is 374 g/mol. The third-order valence-corrected chi connectivity index (χ3v) is 5.33. The molecule has 1 N–H and O–H groups in total. The van der Waals surface area contributed by atoms with Gasteiger partial charge in [-0.1, -0.05) is 13.0 Å². The molecule has 1 saturated heterocycles. The minimum absolute atomic E-state index is 0.0686. The van der Waals surface area contributed by atoms with Crippen molar-refractivity contribution in [3.63, 3.8) is 0 Å². The third-order valence-electron chi connectivity index (χ3n) is 4.51. The van der Waals surface area contributed by atoms with Gasteiger partial charge in [0.1, 0.15) is 5.69 Å². The van der Waals surface area contributed by atoms with Crippen LogP contribution in [0.2, 0.25) is 0 Å². The maximum Gasteiger partial charge on any atom is 0.270 e. The van der Waals surface area contributed by atoms with Gasteiger partial charge in [-0.05, 0) is 30.0 Å². The number of amides is 2. The fourth-order valence-electron chi connectivity index (χ4n) is 3.01. The molecule has 4 heterocycles. The predicted molar refractivity (Wildman–Crippen MR) is 107 cm³/mol. The van der Waals surface area contributed by atoms with Crippen LogP contribution in [0.5, 0.6) is 0 Å². The molecule has 7 nitrogen and oxygen atoms in total. The molecule has 142 valence electrons. The summed E-state index contributed by atoms with van der Waals surface area (Å²) in [4.78, 5) is 39.3. The normalized spacial score (nSPS) is 14.0. The molecule has 0 saturated carbocycles. The Hall–Kier alpha value is -3.00. The molecule has 1 aliphatic rings. The Morgan fingerprint density at radius 1 is 1.18 bits per heavy atom. The van der Waals surface area contributed by atoms with Gasteiger partial charge in [0.25, 0.3) is 11.8 Å². The van der Waals surface area contributed by atoms with Gasteiger partial charge in [-0.25, -0.2) is 9.97 Å². The topological polar surface area (TPSA) is 88.1 Å². The van der Waals surface area contributed by atoms with Crippen molar-refractivity contribution in [2.24, 2.45) is 0 Å². The number of carbonyl (C=O) groups excluding carboxylic acids is 2. The fraction of sp³-hybridized carbons (Fsp3) is 0.250. The summed E-state index contributed by atoms with van der Waals surface area (Å²) in [6, 6.07) is 8.98. The van der Waals surface area contributed by atoms with Crippen molar-refractivity contribution in [1.29, 1.82) is 0 Å². The summed E-state index contributed by atoms with van der Waals surface area (Å²) in [5.74, 6) is 0.627. The van der Waals surface area contributed by atoms with Crippen molar-refractivity contribution in [2.75, 3.05) is 18.8 Å². The van der Waals surface area contributed by atoms with Crippen LogP contribution in [-0.2, 0) is 0 Å². The van der Waals surface area contributed by atoms with Gasteiger partial charge in [0.15, 0.2) is 0 Å². The van der Waals surface area contributed by atoms with Crippen LogP contribution in [0, 0.1) is 0 Å². The predicted octanol–water partition coefficient (Wildman–Crippen LogP) is 2.39. The number of hydrogen-bond donors (Lipinski definition) is 1. The first kappa shape index (κ1) is 18.4. The van der Waals surface area contributed by atoms with E-state index in [0.717, 1.165) is 16.2 Å². The van der Waals surface area contributed by atoms with Crippen LogP contribution in [0.15, 0.2) is 53.9 Å². The summed E-state index contributed by atoms with van der Waals surface area (Å²) in [5, 5.41) is 4.77. The van der Waals surface area contributed by atoms with Crippen LogP contribution in [0.4, 0.5) is 0 Å². The van der Waals surface area contributed by atoms with Gasteiger partial charge in [-0.2, -0.15) is 0 Å². The molecule has 0 radical (unpaired) electrons. The first-order valence-corrected chi connectivity index (χ1v) is 10.0. The second kappa shape index (κ2) is 7.93. The lowest BCUT2D eigenvalue weighted by molar-refractivity contribution is 0.0541. The molecule has 3 aromatic heterocycles. The summed E-state index contributed by atoms with van der Waals surface area (Å²) in [5.41, 5.74) is 1.59. The minimum atomic E-state index is -0.245. The quantitative estimate of drug-likeness (QED) is 0.670. The van der Waals surface area contributed by atoms with Crippen molar-refractivity contribution >= 4 is 34.5 Å². The van der Waals surface area contributed by atoms with Crippen molar-refractivity contribution < 1.29 is 9.59 Å². The smallest absolute Gasteiger partial charge is 0.270 e. The van der Waals surface area contributed by atoms with E-state index in [4.69, 9.17) is 0 Å². The van der Waals surface area contributed by atoms with Gasteiger partial charge in [0.05, 0.1) is 28.3 Å². The van der Waals surface area contributed by atoms with Crippen molar-refractivity contribution in [3.8, 4) is 0 Å². The Morgan fingerprint density at radius 3 is 2.79 bits per heavy atom. The SMILES string of the molecule is CCSc1ccc(C(=O)N2CC(NC(=O)c3ccc4ccncc4n3)C2)cn1. The molecule has 1 aliphatic heterocycles. The number of aromatic nitrogens is 3. The molecule has 0 unspecified atom stereocenters. The Balaban J connectivity index is 1.33. The third kappa shape index (κ3) is 3.82. The summed E-state index contributed by atoms with van der Waals surface area (Å²) >= 11 is 1.64. The van der Waals surface area contributed by atoms with Crippen LogP contribution in [0.3, 0.4) is 0 Å². The van der Waals surface area contributed by atoms with Crippen molar-refractivity contribution in [2.45, 2.75) is 18.0 Å². The number of carbonyl (C=O) groups is 2. The molecule has 8 heteroatoms. The van der Waals surface area contributed by atoms with Gasteiger partial charge in [-0.15, -0.1) is 11.8 Å². The number of nitrogens with zero attached hydrogens (tertiary/aromatic N) is 4. The van der Waals surface area contributed by atoms with Gasteiger partial charge in [-0.3, -0.25) is 14.6 Å². The molecule has 0 atom stereocenters. The zero-order valence-corrected chi connectivity index (χ0v) is 16.1. The zero-order chi connectivity index (χ0) is 19.5. The van der Waals surface area contributed by atoms with Crippen LogP contribution in [0.1, 0.15) is 27.8 Å². The van der Waals surface area contributed by atoms with Crippen LogP contribution in [-0.4, -0.2) is 56.6 Å². The van der Waals surface area contributed by atoms with E-state index in [0.29, 0.717) is 29.9 Å². The zero-order valence-electron chi connectivity index (χ0n) is 15.3. The van der Waals surface area contributed by atoms with Crippen LogP contribution < -0.4 is 5.32 Å². The summed E-state index contributed by atoms with van der Waals surface area (Å²) in [6.45, 7) is 3.01. The van der Waals surface area contributed by atoms with Crippen LogP contribution in [0.25, 0.3) is 10.9 Å². The van der Waals surface area contributed by atoms with E-state index in [1.165, 1.54) is 0 Å². The molecule has 0 aliphatic carbocycles. The molecule has 1 fully saturated rings. The summed E-state index contributed by atoms with van der Waals surface area (Å²) in [6.07, 6.45) is 4.93. The average Bonchev–Trinajstić information content (AvgIpc) is 2.70. The average molecular weight is 393 g/mol.